The number of halogens is 1. The van der Waals surface area contributed by atoms with E-state index in [0.29, 0.717) is 19.8 Å². The molecule has 0 spiro atoms. The predicted molar refractivity (Wildman–Crippen MR) is 187 cm³/mol. The summed E-state index contributed by atoms with van der Waals surface area (Å²) in [5.74, 6) is 6.16. The number of benzene rings is 3. The van der Waals surface area contributed by atoms with Crippen LogP contribution in [0, 0.1) is 17.8 Å². The number of alkyl halides is 1. The fraction of sp³-hybridized carbons (Fsp3) is 0.474. The molecule has 0 unspecified atom stereocenters. The number of fused-ring (bicyclic) bond motifs is 2. The second kappa shape index (κ2) is 17.2. The Morgan fingerprint density at radius 3 is 1.83 bits per heavy atom. The lowest BCUT2D eigenvalue weighted by atomic mass is 9.88. The van der Waals surface area contributed by atoms with Crippen LogP contribution in [0.4, 0.5) is 4.39 Å². The highest BCUT2D eigenvalue weighted by atomic mass is 32.2. The number of nitrogens with one attached hydrogen (secondary N) is 1. The third kappa shape index (κ3) is 10.2. The summed E-state index contributed by atoms with van der Waals surface area (Å²) < 4.78 is 58.9. The molecule has 0 amide bonds. The largest absolute Gasteiger partial charge is 0.368 e. The van der Waals surface area contributed by atoms with Crippen molar-refractivity contribution >= 4 is 22.7 Å². The minimum absolute atomic E-state index is 0.112. The van der Waals surface area contributed by atoms with Gasteiger partial charge in [-0.15, -0.1) is 11.8 Å². The van der Waals surface area contributed by atoms with Gasteiger partial charge in [0.15, 0.2) is 0 Å². The predicted octanol–water partition coefficient (Wildman–Crippen LogP) is 7.00. The molecule has 6 nitrogen and oxygen atoms in total. The van der Waals surface area contributed by atoms with E-state index in [1.54, 1.807) is 0 Å². The summed E-state index contributed by atoms with van der Waals surface area (Å²) in [6.45, 7) is 8.69. The van der Waals surface area contributed by atoms with Crippen molar-refractivity contribution in [3.05, 3.63) is 108 Å². The molecule has 2 aliphatic heterocycles. The van der Waals surface area contributed by atoms with Crippen LogP contribution in [-0.4, -0.2) is 56.8 Å². The van der Waals surface area contributed by atoms with Crippen molar-refractivity contribution in [2.75, 3.05) is 5.75 Å². The Labute approximate surface area is 286 Å². The van der Waals surface area contributed by atoms with Gasteiger partial charge in [-0.3, -0.25) is 0 Å². The van der Waals surface area contributed by atoms with Crippen LogP contribution < -0.4 is 4.72 Å². The minimum atomic E-state index is -1.44. The highest BCUT2D eigenvalue weighted by Crippen LogP contribution is 2.38. The summed E-state index contributed by atoms with van der Waals surface area (Å²) in [5, 5.41) is 0. The molecule has 3 aromatic rings. The highest BCUT2D eigenvalue weighted by molar-refractivity contribution is 7.99. The number of rotatable bonds is 11. The van der Waals surface area contributed by atoms with Gasteiger partial charge in [-0.05, 0) is 44.4 Å². The summed E-state index contributed by atoms with van der Waals surface area (Å²) in [4.78, 5) is 0. The van der Waals surface area contributed by atoms with Gasteiger partial charge in [-0.25, -0.2) is 13.3 Å². The Hall–Kier alpha value is -2.55. The Balaban J connectivity index is 1.57. The summed E-state index contributed by atoms with van der Waals surface area (Å²) in [6, 6.07) is 29.4. The Bertz CT molecular complexity index is 1460. The van der Waals surface area contributed by atoms with Crippen molar-refractivity contribution in [3.8, 4) is 11.8 Å². The van der Waals surface area contributed by atoms with Crippen LogP contribution >= 0.6 is 11.8 Å². The average molecular weight is 680 g/mol. The Morgan fingerprint density at radius 1 is 0.830 bits per heavy atom. The topological polar surface area (TPSA) is 66.0 Å². The highest BCUT2D eigenvalue weighted by Gasteiger charge is 2.52. The van der Waals surface area contributed by atoms with Gasteiger partial charge in [0.2, 0.25) is 0 Å². The molecule has 0 aromatic heterocycles. The molecule has 9 atom stereocenters. The van der Waals surface area contributed by atoms with Gasteiger partial charge in [0.05, 0.1) is 41.6 Å². The fourth-order valence-corrected chi connectivity index (χ4v) is 7.63. The number of ether oxygens (including phenoxy) is 4. The molecule has 0 saturated carbocycles. The Morgan fingerprint density at radius 2 is 1.32 bits per heavy atom. The number of hydrogen-bond donors (Lipinski definition) is 1. The SMILES string of the molecule is C[C@@H]1C#CC[C@@H](F)CS[C@H]2O[C@H]([C@@H]1N[S@](=O)C(C)(C)C)[C@H](OCc1ccccc1)[C@H](OCc1ccccc1)[C@H]2OCc1ccccc1. The molecule has 2 bridgehead atoms. The van der Waals surface area contributed by atoms with E-state index in [9.17, 15) is 4.21 Å². The van der Waals surface area contributed by atoms with E-state index in [1.807, 2.05) is 119 Å². The van der Waals surface area contributed by atoms with Crippen LogP contribution in [0.15, 0.2) is 91.0 Å². The van der Waals surface area contributed by atoms with Crippen LogP contribution in [0.5, 0.6) is 0 Å². The minimum Gasteiger partial charge on any atom is -0.368 e. The maximum absolute atomic E-state index is 15.2. The molecule has 9 heteroatoms. The van der Waals surface area contributed by atoms with Gasteiger partial charge in [-0.2, -0.15) is 0 Å². The van der Waals surface area contributed by atoms with Gasteiger partial charge >= 0.3 is 0 Å². The maximum Gasteiger partial charge on any atom is 0.132 e. The molecule has 2 heterocycles. The molecule has 2 aliphatic rings. The van der Waals surface area contributed by atoms with Gasteiger partial charge < -0.3 is 18.9 Å². The maximum atomic E-state index is 15.2. The van der Waals surface area contributed by atoms with E-state index in [2.05, 4.69) is 16.6 Å². The molecule has 0 aliphatic carbocycles. The molecular weight excluding hydrogens is 634 g/mol. The van der Waals surface area contributed by atoms with Crippen LogP contribution in [0.3, 0.4) is 0 Å². The standard InChI is InChI=1S/C38H46FNO5S2/c1-27-15-14-22-31(39)26-46-37-36(44-25-30-20-12-7-13-21-30)35(43-24-29-18-10-6-11-19-29)34(42-23-28-16-8-5-9-17-28)33(45-37)32(27)40-47(41)38(2,3)4/h5-13,16-21,27,31-37,40H,22-26H2,1-4H3/t27-,31-,32-,33-,34+,35+,36-,37-,47-/m1/s1. The molecule has 1 N–H and O–H groups in total. The molecule has 1 fully saturated rings. The number of hydrogen-bond acceptors (Lipinski definition) is 6. The molecule has 1 saturated heterocycles. The molecule has 3 aromatic carbocycles. The summed E-state index contributed by atoms with van der Waals surface area (Å²) in [5.41, 5.74) is 2.43. The van der Waals surface area contributed by atoms with Crippen molar-refractivity contribution in [3.63, 3.8) is 0 Å². The summed E-state index contributed by atoms with van der Waals surface area (Å²) in [6.07, 6.45) is -3.51. The summed E-state index contributed by atoms with van der Waals surface area (Å²) >= 11 is 1.38. The third-order valence-electron chi connectivity index (χ3n) is 8.17. The first-order valence-electron chi connectivity index (χ1n) is 16.2. The van der Waals surface area contributed by atoms with Crippen molar-refractivity contribution in [2.45, 2.75) is 101 Å². The van der Waals surface area contributed by atoms with Gasteiger partial charge in [-0.1, -0.05) is 103 Å². The Kier molecular flexibility index (Phi) is 13.1. The van der Waals surface area contributed by atoms with Gasteiger partial charge in [0, 0.05) is 18.1 Å². The first kappa shape index (κ1) is 35.7. The molecule has 5 rings (SSSR count). The van der Waals surface area contributed by atoms with Crippen molar-refractivity contribution in [1.82, 2.24) is 4.72 Å². The van der Waals surface area contributed by atoms with E-state index in [0.717, 1.165) is 16.7 Å². The van der Waals surface area contributed by atoms with Crippen LogP contribution in [-0.2, 0) is 49.8 Å². The lowest BCUT2D eigenvalue weighted by Crippen LogP contribution is -2.65. The lowest BCUT2D eigenvalue weighted by molar-refractivity contribution is -0.252. The normalized spacial score (nSPS) is 28.8. The molecular formula is C38H46FNO5S2. The molecule has 0 radical (unpaired) electrons. The quantitative estimate of drug-likeness (QED) is 0.220. The fourth-order valence-electron chi connectivity index (χ4n) is 5.55. The average Bonchev–Trinajstić information content (AvgIpc) is 3.09. The summed E-state index contributed by atoms with van der Waals surface area (Å²) in [7, 11) is -1.44. The van der Waals surface area contributed by atoms with Crippen molar-refractivity contribution in [1.29, 1.82) is 0 Å². The number of thioether (sulfide) groups is 1. The molecule has 252 valence electrons. The van der Waals surface area contributed by atoms with Gasteiger partial charge in [0.1, 0.15) is 36.0 Å². The molecule has 47 heavy (non-hydrogen) atoms. The zero-order valence-electron chi connectivity index (χ0n) is 27.6. The first-order chi connectivity index (χ1) is 22.7. The first-order valence-corrected chi connectivity index (χ1v) is 18.4. The second-order valence-corrected chi connectivity index (χ2v) is 16.2. The van der Waals surface area contributed by atoms with Crippen LogP contribution in [0.1, 0.15) is 50.8 Å². The van der Waals surface area contributed by atoms with E-state index in [-0.39, 0.29) is 18.1 Å². The third-order valence-corrected chi connectivity index (χ3v) is 11.0. The van der Waals surface area contributed by atoms with E-state index in [4.69, 9.17) is 18.9 Å². The van der Waals surface area contributed by atoms with E-state index in [1.165, 1.54) is 11.8 Å². The zero-order valence-corrected chi connectivity index (χ0v) is 29.2. The zero-order chi connectivity index (χ0) is 33.2. The van der Waals surface area contributed by atoms with Crippen LogP contribution in [0.2, 0.25) is 0 Å². The second-order valence-electron chi connectivity index (χ2n) is 13.0. The lowest BCUT2D eigenvalue weighted by Gasteiger charge is -2.49. The van der Waals surface area contributed by atoms with Crippen molar-refractivity contribution in [2.24, 2.45) is 5.92 Å². The smallest absolute Gasteiger partial charge is 0.132 e. The van der Waals surface area contributed by atoms with E-state index >= 15 is 4.39 Å². The van der Waals surface area contributed by atoms with E-state index < -0.39 is 57.8 Å². The van der Waals surface area contributed by atoms with Crippen LogP contribution in [0.25, 0.3) is 0 Å². The monoisotopic (exact) mass is 679 g/mol. The van der Waals surface area contributed by atoms with Crippen molar-refractivity contribution < 1.29 is 27.5 Å². The van der Waals surface area contributed by atoms with Gasteiger partial charge in [0.25, 0.3) is 0 Å².